The van der Waals surface area contributed by atoms with Gasteiger partial charge in [-0.05, 0) is 47.0 Å². The molecule has 0 amide bonds. The predicted octanol–water partition coefficient (Wildman–Crippen LogP) is 4.01. The van der Waals surface area contributed by atoms with Gasteiger partial charge in [-0.3, -0.25) is 4.79 Å². The van der Waals surface area contributed by atoms with E-state index in [0.717, 1.165) is 27.2 Å². The quantitative estimate of drug-likeness (QED) is 0.827. The summed E-state index contributed by atoms with van der Waals surface area (Å²) >= 11 is 3.64. The lowest BCUT2D eigenvalue weighted by Crippen LogP contribution is -2.09. The number of carbonyl (C=O) groups excluding carboxylic acids is 1. The molecule has 0 unspecified atom stereocenters. The van der Waals surface area contributed by atoms with Gasteiger partial charge in [-0.15, -0.1) is 0 Å². The molecule has 0 spiro atoms. The zero-order valence-corrected chi connectivity index (χ0v) is 10.4. The van der Waals surface area contributed by atoms with E-state index in [1.807, 2.05) is 18.2 Å². The predicted molar refractivity (Wildman–Crippen MR) is 68.0 cm³/mol. The van der Waals surface area contributed by atoms with Crippen molar-refractivity contribution in [2.45, 2.75) is 25.2 Å². The van der Waals surface area contributed by atoms with Gasteiger partial charge in [0.25, 0.3) is 0 Å². The lowest BCUT2D eigenvalue weighted by molar-refractivity contribution is 0.112. The Hall–Kier alpha value is -1.09. The summed E-state index contributed by atoms with van der Waals surface area (Å²) in [5.41, 5.74) is 3.14. The summed E-state index contributed by atoms with van der Waals surface area (Å²) in [4.78, 5) is 14.2. The fourth-order valence-electron chi connectivity index (χ4n) is 2.25. The zero-order chi connectivity index (χ0) is 11.1. The van der Waals surface area contributed by atoms with Crippen LogP contribution in [0, 0.1) is 0 Å². The van der Waals surface area contributed by atoms with Crippen molar-refractivity contribution in [3.8, 4) is 0 Å². The molecule has 0 bridgehead atoms. The van der Waals surface area contributed by atoms with Crippen LogP contribution in [0.4, 0.5) is 0 Å². The van der Waals surface area contributed by atoms with Crippen molar-refractivity contribution < 1.29 is 4.79 Å². The molecule has 0 saturated heterocycles. The highest BCUT2D eigenvalue weighted by Crippen LogP contribution is 2.42. The molecule has 1 aromatic heterocycles. The number of aromatic amines is 1. The summed E-state index contributed by atoms with van der Waals surface area (Å²) < 4.78 is 1.14. The third-order valence-electron chi connectivity index (χ3n) is 3.44. The molecule has 82 valence electrons. The second kappa shape index (κ2) is 3.74. The molecular weight excluding hydrogens is 266 g/mol. The number of nitrogens with one attached hydrogen (secondary N) is 1. The Balaban J connectivity index is 2.17. The summed E-state index contributed by atoms with van der Waals surface area (Å²) in [6.45, 7) is 0. The monoisotopic (exact) mass is 277 g/mol. The smallest absolute Gasteiger partial charge is 0.150 e. The first-order valence-corrected chi connectivity index (χ1v) is 6.35. The number of hydrogen-bond donors (Lipinski definition) is 1. The van der Waals surface area contributed by atoms with Crippen molar-refractivity contribution in [2.24, 2.45) is 0 Å². The van der Waals surface area contributed by atoms with E-state index in [-0.39, 0.29) is 0 Å². The lowest BCUT2D eigenvalue weighted by atomic mass is 9.83. The largest absolute Gasteiger partial charge is 0.357 e. The van der Waals surface area contributed by atoms with Gasteiger partial charge in [0.05, 0.1) is 0 Å². The van der Waals surface area contributed by atoms with Gasteiger partial charge in [0.2, 0.25) is 0 Å². The molecule has 3 rings (SSSR count). The standard InChI is InChI=1S/C13H12BrNO/c14-12-10-6-8(7-16)4-5-11(10)15-13(12)9-2-1-3-9/h4-7,9,15H,1-3H2. The first-order valence-electron chi connectivity index (χ1n) is 5.56. The van der Waals surface area contributed by atoms with E-state index in [0.29, 0.717) is 5.92 Å². The van der Waals surface area contributed by atoms with Gasteiger partial charge in [0.1, 0.15) is 6.29 Å². The number of hydrogen-bond acceptors (Lipinski definition) is 1. The summed E-state index contributed by atoms with van der Waals surface area (Å²) in [5, 5.41) is 1.12. The summed E-state index contributed by atoms with van der Waals surface area (Å²) in [6.07, 6.45) is 4.76. The Morgan fingerprint density at radius 2 is 2.19 bits per heavy atom. The minimum absolute atomic E-state index is 0.668. The molecule has 1 saturated carbocycles. The molecule has 2 aromatic rings. The molecule has 3 heteroatoms. The van der Waals surface area contributed by atoms with Gasteiger partial charge in [-0.2, -0.15) is 0 Å². The van der Waals surface area contributed by atoms with Gasteiger partial charge in [-0.25, -0.2) is 0 Å². The number of aromatic nitrogens is 1. The molecule has 1 heterocycles. The Labute approximate surface area is 102 Å². The molecule has 1 aliphatic rings. The Morgan fingerprint density at radius 1 is 1.38 bits per heavy atom. The number of carbonyl (C=O) groups is 1. The lowest BCUT2D eigenvalue weighted by Gasteiger charge is -2.24. The number of H-pyrrole nitrogens is 1. The molecular formula is C13H12BrNO. The van der Waals surface area contributed by atoms with E-state index in [2.05, 4.69) is 20.9 Å². The highest BCUT2D eigenvalue weighted by molar-refractivity contribution is 9.10. The summed E-state index contributed by atoms with van der Waals surface area (Å²) in [7, 11) is 0. The van der Waals surface area contributed by atoms with Crippen molar-refractivity contribution in [3.63, 3.8) is 0 Å². The minimum atomic E-state index is 0.668. The minimum Gasteiger partial charge on any atom is -0.357 e. The van der Waals surface area contributed by atoms with Crippen LogP contribution in [0.3, 0.4) is 0 Å². The van der Waals surface area contributed by atoms with Gasteiger partial charge in [0, 0.05) is 32.6 Å². The molecule has 1 aromatic carbocycles. The Kier molecular flexibility index (Phi) is 2.36. The topological polar surface area (TPSA) is 32.9 Å². The first kappa shape index (κ1) is 10.1. The molecule has 0 radical (unpaired) electrons. The van der Waals surface area contributed by atoms with Crippen LogP contribution in [-0.2, 0) is 0 Å². The average molecular weight is 278 g/mol. The van der Waals surface area contributed by atoms with Crippen LogP contribution in [0.2, 0.25) is 0 Å². The fraction of sp³-hybridized carbons (Fsp3) is 0.308. The Bertz CT molecular complexity index is 554. The van der Waals surface area contributed by atoms with Crippen molar-refractivity contribution in [2.75, 3.05) is 0 Å². The van der Waals surface area contributed by atoms with Gasteiger partial charge in [0.15, 0.2) is 0 Å². The van der Waals surface area contributed by atoms with E-state index >= 15 is 0 Å². The molecule has 0 aliphatic heterocycles. The Morgan fingerprint density at radius 3 is 2.81 bits per heavy atom. The SMILES string of the molecule is O=Cc1ccc2[nH]c(C3CCC3)c(Br)c2c1. The summed E-state index contributed by atoms with van der Waals surface area (Å²) in [6, 6.07) is 5.76. The maximum absolute atomic E-state index is 10.7. The highest BCUT2D eigenvalue weighted by Gasteiger charge is 2.24. The molecule has 16 heavy (non-hydrogen) atoms. The third kappa shape index (κ3) is 1.42. The van der Waals surface area contributed by atoms with E-state index < -0.39 is 0 Å². The third-order valence-corrected chi connectivity index (χ3v) is 4.29. The van der Waals surface area contributed by atoms with Crippen LogP contribution in [0.25, 0.3) is 10.9 Å². The fourth-order valence-corrected chi connectivity index (χ4v) is 3.00. The second-order valence-electron chi connectivity index (χ2n) is 4.40. The van der Waals surface area contributed by atoms with E-state index in [1.54, 1.807) is 0 Å². The number of aldehydes is 1. The second-order valence-corrected chi connectivity index (χ2v) is 5.20. The van der Waals surface area contributed by atoms with E-state index in [9.17, 15) is 4.79 Å². The molecule has 2 nitrogen and oxygen atoms in total. The maximum Gasteiger partial charge on any atom is 0.150 e. The number of fused-ring (bicyclic) bond motifs is 1. The number of benzene rings is 1. The van der Waals surface area contributed by atoms with Gasteiger partial charge >= 0.3 is 0 Å². The normalized spacial score (nSPS) is 16.3. The van der Waals surface area contributed by atoms with Gasteiger partial charge < -0.3 is 4.98 Å². The maximum atomic E-state index is 10.7. The van der Waals surface area contributed by atoms with Crippen LogP contribution in [0.15, 0.2) is 22.7 Å². The summed E-state index contributed by atoms with van der Waals surface area (Å²) in [5.74, 6) is 0.668. The van der Waals surface area contributed by atoms with Crippen LogP contribution >= 0.6 is 15.9 Å². The van der Waals surface area contributed by atoms with E-state index in [1.165, 1.54) is 25.0 Å². The molecule has 0 atom stereocenters. The molecule has 1 fully saturated rings. The van der Waals surface area contributed by atoms with E-state index in [4.69, 9.17) is 0 Å². The van der Waals surface area contributed by atoms with Crippen molar-refractivity contribution in [1.82, 2.24) is 4.98 Å². The van der Waals surface area contributed by atoms with Crippen LogP contribution < -0.4 is 0 Å². The molecule has 1 N–H and O–H groups in total. The van der Waals surface area contributed by atoms with Crippen molar-refractivity contribution in [3.05, 3.63) is 33.9 Å². The number of halogens is 1. The molecule has 1 aliphatic carbocycles. The first-order chi connectivity index (χ1) is 7.79. The number of rotatable bonds is 2. The van der Waals surface area contributed by atoms with Gasteiger partial charge in [-0.1, -0.05) is 6.42 Å². The highest BCUT2D eigenvalue weighted by atomic mass is 79.9. The van der Waals surface area contributed by atoms with Crippen LogP contribution in [-0.4, -0.2) is 11.3 Å². The average Bonchev–Trinajstić information content (AvgIpc) is 2.54. The van der Waals surface area contributed by atoms with Crippen molar-refractivity contribution >= 4 is 33.1 Å². The van der Waals surface area contributed by atoms with Crippen LogP contribution in [0.1, 0.15) is 41.2 Å². The van der Waals surface area contributed by atoms with Crippen LogP contribution in [0.5, 0.6) is 0 Å². The zero-order valence-electron chi connectivity index (χ0n) is 8.79. The van der Waals surface area contributed by atoms with Crippen molar-refractivity contribution in [1.29, 1.82) is 0 Å².